The van der Waals surface area contributed by atoms with Gasteiger partial charge in [-0.3, -0.25) is 14.0 Å². The minimum Gasteiger partial charge on any atom is -0.354 e. The van der Waals surface area contributed by atoms with Crippen molar-refractivity contribution in [3.8, 4) is 6.07 Å². The Morgan fingerprint density at radius 1 is 1.28 bits per heavy atom. The fourth-order valence-electron chi connectivity index (χ4n) is 4.55. The van der Waals surface area contributed by atoms with Crippen LogP contribution in [0.1, 0.15) is 39.2 Å². The molecule has 1 aliphatic heterocycles. The number of nitrogens with zero attached hydrogens (tertiary/aromatic N) is 5. The lowest BCUT2D eigenvalue weighted by Gasteiger charge is -2.41. The number of rotatable bonds is 4. The van der Waals surface area contributed by atoms with Crippen LogP contribution in [0.15, 0.2) is 35.3 Å². The number of aryl methyl sites for hydroxylation is 1. The van der Waals surface area contributed by atoms with Crippen LogP contribution in [-0.4, -0.2) is 37.6 Å². The van der Waals surface area contributed by atoms with Crippen molar-refractivity contribution in [3.63, 3.8) is 0 Å². The second-order valence-corrected chi connectivity index (χ2v) is 9.90. The maximum absolute atomic E-state index is 13.1. The summed E-state index contributed by atoms with van der Waals surface area (Å²) in [5, 5.41) is 12.9. The van der Waals surface area contributed by atoms with E-state index in [1.54, 1.807) is 16.8 Å². The molecular formula is C24H29ClN6O. The zero-order chi connectivity index (χ0) is 23.0. The fraction of sp³-hybridized carbons (Fsp3) is 0.458. The third-order valence-electron chi connectivity index (χ3n) is 6.35. The normalized spacial score (nSPS) is 17.4. The van der Waals surface area contributed by atoms with Gasteiger partial charge in [0, 0.05) is 37.6 Å². The largest absolute Gasteiger partial charge is 0.354 e. The van der Waals surface area contributed by atoms with Crippen molar-refractivity contribution in [1.82, 2.24) is 19.0 Å². The van der Waals surface area contributed by atoms with E-state index in [-0.39, 0.29) is 16.4 Å². The van der Waals surface area contributed by atoms with Gasteiger partial charge in [0.2, 0.25) is 0 Å². The van der Waals surface area contributed by atoms with Gasteiger partial charge < -0.3 is 5.32 Å². The van der Waals surface area contributed by atoms with Crippen LogP contribution in [0.25, 0.3) is 11.0 Å². The molecule has 1 saturated heterocycles. The first-order chi connectivity index (χ1) is 15.2. The topological polar surface area (TPSA) is 78.9 Å². The third-order valence-corrected chi connectivity index (χ3v) is 6.64. The van der Waals surface area contributed by atoms with E-state index in [9.17, 15) is 10.1 Å². The van der Waals surface area contributed by atoms with Crippen molar-refractivity contribution in [3.05, 3.63) is 51.7 Å². The van der Waals surface area contributed by atoms with Gasteiger partial charge in [0.25, 0.3) is 0 Å². The van der Waals surface area contributed by atoms with Gasteiger partial charge in [-0.05, 0) is 70.3 Å². The summed E-state index contributed by atoms with van der Waals surface area (Å²) < 4.78 is 3.59. The predicted octanol–water partition coefficient (Wildman–Crippen LogP) is 4.51. The Morgan fingerprint density at radius 2 is 2.06 bits per heavy atom. The minimum atomic E-state index is -0.00491. The van der Waals surface area contributed by atoms with Gasteiger partial charge in [-0.2, -0.15) is 5.26 Å². The van der Waals surface area contributed by atoms with Crippen LogP contribution < -0.4 is 11.0 Å². The van der Waals surface area contributed by atoms with Gasteiger partial charge in [0.05, 0.1) is 16.7 Å². The molecule has 0 amide bonds. The Morgan fingerprint density at radius 3 is 2.78 bits per heavy atom. The molecule has 1 N–H and O–H groups in total. The number of hydrogen-bond acceptors (Lipinski definition) is 5. The van der Waals surface area contributed by atoms with Crippen LogP contribution in [0.5, 0.6) is 0 Å². The molecule has 1 atom stereocenters. The van der Waals surface area contributed by atoms with E-state index in [1.807, 2.05) is 29.8 Å². The number of pyridine rings is 1. The SMILES string of the molecule is Cn1c(=O)n(CC2CCCN(C(C)(C)C)C2)c2cc(Nc3ccnc(Cl)c3C#N)ccc21. The molecule has 3 aromatic rings. The molecule has 2 aromatic heterocycles. The van der Waals surface area contributed by atoms with Crippen LogP contribution >= 0.6 is 11.6 Å². The molecule has 0 spiro atoms. The number of halogens is 1. The smallest absolute Gasteiger partial charge is 0.328 e. The van der Waals surface area contributed by atoms with Gasteiger partial charge in [-0.25, -0.2) is 9.78 Å². The highest BCUT2D eigenvalue weighted by Crippen LogP contribution is 2.28. The molecule has 1 aliphatic rings. The number of benzene rings is 1. The first kappa shape index (κ1) is 22.4. The van der Waals surface area contributed by atoms with Crippen molar-refractivity contribution < 1.29 is 0 Å². The molecule has 1 fully saturated rings. The highest BCUT2D eigenvalue weighted by Gasteiger charge is 2.28. The Labute approximate surface area is 193 Å². The first-order valence-corrected chi connectivity index (χ1v) is 11.3. The summed E-state index contributed by atoms with van der Waals surface area (Å²) in [5.74, 6) is 0.423. The molecule has 0 bridgehead atoms. The van der Waals surface area contributed by atoms with Crippen molar-refractivity contribution in [2.24, 2.45) is 13.0 Å². The lowest BCUT2D eigenvalue weighted by Crippen LogP contribution is -2.48. The summed E-state index contributed by atoms with van der Waals surface area (Å²) >= 11 is 6.07. The average Bonchev–Trinajstić information content (AvgIpc) is 2.98. The number of anilines is 2. The van der Waals surface area contributed by atoms with Gasteiger partial charge in [-0.1, -0.05) is 11.6 Å². The van der Waals surface area contributed by atoms with Crippen LogP contribution in [0.4, 0.5) is 11.4 Å². The Hall–Kier alpha value is -2.82. The highest BCUT2D eigenvalue weighted by molar-refractivity contribution is 6.31. The Kier molecular flexibility index (Phi) is 6.02. The summed E-state index contributed by atoms with van der Waals surface area (Å²) in [6, 6.07) is 9.63. The zero-order valence-corrected chi connectivity index (χ0v) is 19.8. The lowest BCUT2D eigenvalue weighted by molar-refractivity contribution is 0.0734. The number of nitrogens with one attached hydrogen (secondary N) is 1. The molecule has 3 heterocycles. The van der Waals surface area contributed by atoms with E-state index >= 15 is 0 Å². The number of imidazole rings is 1. The van der Waals surface area contributed by atoms with Crippen molar-refractivity contribution in [1.29, 1.82) is 5.26 Å². The minimum absolute atomic E-state index is 0.00491. The highest BCUT2D eigenvalue weighted by atomic mass is 35.5. The fourth-order valence-corrected chi connectivity index (χ4v) is 4.75. The quantitative estimate of drug-likeness (QED) is 0.589. The lowest BCUT2D eigenvalue weighted by atomic mass is 9.93. The second-order valence-electron chi connectivity index (χ2n) is 9.54. The summed E-state index contributed by atoms with van der Waals surface area (Å²) in [5.41, 5.74) is 3.56. The molecule has 32 heavy (non-hydrogen) atoms. The van der Waals surface area contributed by atoms with E-state index in [0.29, 0.717) is 23.7 Å². The van der Waals surface area contributed by atoms with Crippen molar-refractivity contribution >= 4 is 34.0 Å². The summed E-state index contributed by atoms with van der Waals surface area (Å²) in [7, 11) is 1.81. The van der Waals surface area contributed by atoms with E-state index < -0.39 is 0 Å². The van der Waals surface area contributed by atoms with Crippen molar-refractivity contribution in [2.75, 3.05) is 18.4 Å². The Bertz CT molecular complexity index is 1250. The molecule has 1 unspecified atom stereocenters. The summed E-state index contributed by atoms with van der Waals surface area (Å²) in [6.45, 7) is 9.53. The summed E-state index contributed by atoms with van der Waals surface area (Å²) in [4.78, 5) is 19.6. The number of piperidine rings is 1. The number of nitriles is 1. The first-order valence-electron chi connectivity index (χ1n) is 10.9. The number of fused-ring (bicyclic) bond motifs is 1. The molecule has 1 aromatic carbocycles. The predicted molar refractivity (Wildman–Crippen MR) is 128 cm³/mol. The third kappa shape index (κ3) is 4.25. The van der Waals surface area contributed by atoms with Gasteiger partial charge >= 0.3 is 5.69 Å². The molecule has 0 radical (unpaired) electrons. The molecule has 0 saturated carbocycles. The summed E-state index contributed by atoms with van der Waals surface area (Å²) in [6.07, 6.45) is 3.83. The maximum Gasteiger partial charge on any atom is 0.328 e. The molecule has 168 valence electrons. The van der Waals surface area contributed by atoms with Gasteiger partial charge in [0.15, 0.2) is 0 Å². The number of likely N-dealkylation sites (tertiary alicyclic amines) is 1. The molecule has 4 rings (SSSR count). The molecule has 8 heteroatoms. The van der Waals surface area contributed by atoms with Crippen LogP contribution in [0.3, 0.4) is 0 Å². The molecular weight excluding hydrogens is 424 g/mol. The van der Waals surface area contributed by atoms with Crippen LogP contribution in [0.2, 0.25) is 5.15 Å². The second kappa shape index (κ2) is 8.61. The van der Waals surface area contributed by atoms with Crippen LogP contribution in [0, 0.1) is 17.2 Å². The van der Waals surface area contributed by atoms with E-state index in [4.69, 9.17) is 11.6 Å². The zero-order valence-electron chi connectivity index (χ0n) is 19.0. The van der Waals surface area contributed by atoms with Gasteiger partial charge in [0.1, 0.15) is 16.8 Å². The van der Waals surface area contributed by atoms with Crippen molar-refractivity contribution in [2.45, 2.75) is 45.7 Å². The number of hydrogen-bond donors (Lipinski definition) is 1. The van der Waals surface area contributed by atoms with Gasteiger partial charge in [-0.15, -0.1) is 0 Å². The maximum atomic E-state index is 13.1. The number of aromatic nitrogens is 3. The van der Waals surface area contributed by atoms with E-state index in [2.05, 4.69) is 42.0 Å². The molecule has 7 nitrogen and oxygen atoms in total. The van der Waals surface area contributed by atoms with E-state index in [0.717, 1.165) is 42.7 Å². The molecule has 0 aliphatic carbocycles. The van der Waals surface area contributed by atoms with E-state index in [1.165, 1.54) is 0 Å². The average molecular weight is 453 g/mol. The monoisotopic (exact) mass is 452 g/mol. The Balaban J connectivity index is 1.67. The standard InChI is InChI=1S/C24H29ClN6O/c1-24(2,3)30-11-5-6-16(14-30)15-31-21-12-17(7-8-20(21)29(4)23(31)32)28-19-9-10-27-22(25)18(19)13-26/h7-10,12,16H,5-6,11,14-15H2,1-4H3,(H,27,28). The van der Waals surface area contributed by atoms with Crippen LogP contribution in [-0.2, 0) is 13.6 Å².